The quantitative estimate of drug-likeness (QED) is 0.250. The number of nitrogens with zero attached hydrogens (tertiary/aromatic N) is 3. The number of thiophene rings is 1. The molecule has 0 radical (unpaired) electrons. The summed E-state index contributed by atoms with van der Waals surface area (Å²) < 4.78 is 26.0. The first kappa shape index (κ1) is 26.3. The van der Waals surface area contributed by atoms with E-state index in [4.69, 9.17) is 15.2 Å². The molecule has 10 heteroatoms. The molecule has 1 amide bonds. The Bertz CT molecular complexity index is 1400. The van der Waals surface area contributed by atoms with E-state index in [0.717, 1.165) is 15.1 Å². The monoisotopic (exact) mass is 524 g/mol. The van der Waals surface area contributed by atoms with Gasteiger partial charge in [-0.25, -0.2) is 9.18 Å². The molecule has 1 unspecified atom stereocenters. The first-order valence-corrected chi connectivity index (χ1v) is 12.5. The number of ether oxygens (including phenoxy) is 2. The number of amides is 1. The Labute approximate surface area is 218 Å². The Kier molecular flexibility index (Phi) is 7.60. The van der Waals surface area contributed by atoms with Crippen LogP contribution in [0.15, 0.2) is 54.9 Å². The van der Waals surface area contributed by atoms with Gasteiger partial charge in [-0.15, -0.1) is 11.3 Å². The van der Waals surface area contributed by atoms with Crippen molar-refractivity contribution < 1.29 is 23.8 Å². The van der Waals surface area contributed by atoms with E-state index in [1.54, 1.807) is 31.6 Å². The maximum Gasteiger partial charge on any atom is 0.407 e. The fourth-order valence-electron chi connectivity index (χ4n) is 4.22. The smallest absolute Gasteiger partial charge is 0.407 e. The summed E-state index contributed by atoms with van der Waals surface area (Å²) in [6, 6.07) is 11.2. The number of fused-ring (bicyclic) bond motifs is 1. The van der Waals surface area contributed by atoms with Gasteiger partial charge in [-0.05, 0) is 35.2 Å². The van der Waals surface area contributed by atoms with Crippen LogP contribution in [-0.2, 0) is 4.74 Å². The van der Waals surface area contributed by atoms with Gasteiger partial charge in [0.25, 0.3) is 0 Å². The molecule has 1 atom stereocenters. The molecule has 0 spiro atoms. The van der Waals surface area contributed by atoms with E-state index in [9.17, 15) is 14.3 Å². The van der Waals surface area contributed by atoms with Crippen molar-refractivity contribution in [1.82, 2.24) is 14.9 Å². The van der Waals surface area contributed by atoms with E-state index in [1.807, 2.05) is 39.0 Å². The van der Waals surface area contributed by atoms with Gasteiger partial charge in [0.2, 0.25) is 0 Å². The number of rotatable bonds is 8. The molecule has 3 N–H and O–H groups in total. The average molecular weight is 525 g/mol. The molecule has 3 heterocycles. The van der Waals surface area contributed by atoms with E-state index >= 15 is 0 Å². The van der Waals surface area contributed by atoms with Gasteiger partial charge < -0.3 is 20.3 Å². The molecule has 194 valence electrons. The second-order valence-electron chi connectivity index (χ2n) is 9.64. The summed E-state index contributed by atoms with van der Waals surface area (Å²) in [5, 5.41) is 9.87. The number of halogens is 1. The fraction of sp³-hybridized carbons (Fsp3) is 0.296. The number of aromatic nitrogens is 2. The van der Waals surface area contributed by atoms with Gasteiger partial charge in [-0.2, -0.15) is 0 Å². The van der Waals surface area contributed by atoms with Crippen LogP contribution in [0.3, 0.4) is 0 Å². The molecule has 0 aliphatic heterocycles. The molecule has 0 bridgehead atoms. The molecule has 37 heavy (non-hydrogen) atoms. The van der Waals surface area contributed by atoms with Crippen LogP contribution in [0.1, 0.15) is 32.4 Å². The summed E-state index contributed by atoms with van der Waals surface area (Å²) >= 11 is 1.43. The van der Waals surface area contributed by atoms with Crippen molar-refractivity contribution in [2.75, 3.05) is 26.0 Å². The van der Waals surface area contributed by atoms with E-state index in [2.05, 4.69) is 9.97 Å². The van der Waals surface area contributed by atoms with Crippen molar-refractivity contribution in [2.24, 2.45) is 5.41 Å². The summed E-state index contributed by atoms with van der Waals surface area (Å²) in [5.74, 6) is 0.00157. The lowest BCUT2D eigenvalue weighted by Gasteiger charge is -2.38. The van der Waals surface area contributed by atoms with Crippen LogP contribution < -0.4 is 10.5 Å². The summed E-state index contributed by atoms with van der Waals surface area (Å²) in [6.07, 6.45) is 2.31. The zero-order valence-electron chi connectivity index (χ0n) is 21.1. The first-order valence-electron chi connectivity index (χ1n) is 11.6. The number of anilines is 1. The molecule has 3 aromatic heterocycles. The van der Waals surface area contributed by atoms with Crippen molar-refractivity contribution in [3.63, 3.8) is 0 Å². The molecule has 0 saturated heterocycles. The van der Waals surface area contributed by atoms with Crippen LogP contribution in [0.4, 0.5) is 14.9 Å². The summed E-state index contributed by atoms with van der Waals surface area (Å²) in [4.78, 5) is 23.4. The number of pyridine rings is 2. The lowest BCUT2D eigenvalue weighted by atomic mass is 9.81. The van der Waals surface area contributed by atoms with Gasteiger partial charge in [-0.3, -0.25) is 14.9 Å². The zero-order valence-corrected chi connectivity index (χ0v) is 21.9. The normalized spacial score (nSPS) is 12.5. The maximum absolute atomic E-state index is 14.3. The van der Waals surface area contributed by atoms with Gasteiger partial charge >= 0.3 is 6.09 Å². The Balaban J connectivity index is 1.65. The lowest BCUT2D eigenvalue weighted by Crippen LogP contribution is -2.42. The third kappa shape index (κ3) is 5.81. The van der Waals surface area contributed by atoms with E-state index in [0.29, 0.717) is 29.3 Å². The number of hydrogen-bond donors (Lipinski definition) is 2. The van der Waals surface area contributed by atoms with Gasteiger partial charge in [-0.1, -0.05) is 26.8 Å². The predicted octanol–water partition coefficient (Wildman–Crippen LogP) is 6.59. The second kappa shape index (κ2) is 10.7. The van der Waals surface area contributed by atoms with Crippen LogP contribution in [0.5, 0.6) is 11.5 Å². The molecular weight excluding hydrogens is 495 g/mol. The van der Waals surface area contributed by atoms with Crippen LogP contribution in [0, 0.1) is 11.2 Å². The van der Waals surface area contributed by atoms with Gasteiger partial charge in [0.1, 0.15) is 5.75 Å². The number of benzene rings is 1. The second-order valence-corrected chi connectivity index (χ2v) is 10.7. The van der Waals surface area contributed by atoms with Crippen LogP contribution >= 0.6 is 11.3 Å². The van der Waals surface area contributed by atoms with Gasteiger partial charge in [0.15, 0.2) is 11.6 Å². The first-order chi connectivity index (χ1) is 17.6. The highest BCUT2D eigenvalue weighted by Gasteiger charge is 2.35. The lowest BCUT2D eigenvalue weighted by molar-refractivity contribution is 0.0612. The third-order valence-corrected chi connectivity index (χ3v) is 6.98. The van der Waals surface area contributed by atoms with Crippen molar-refractivity contribution in [3.8, 4) is 22.1 Å². The Hall–Kier alpha value is -3.76. The molecule has 4 aromatic rings. The van der Waals surface area contributed by atoms with Crippen molar-refractivity contribution in [3.05, 3.63) is 66.2 Å². The maximum atomic E-state index is 14.3. The molecule has 8 nitrogen and oxygen atoms in total. The molecule has 0 fully saturated rings. The summed E-state index contributed by atoms with van der Waals surface area (Å²) in [5.41, 5.74) is 7.78. The summed E-state index contributed by atoms with van der Waals surface area (Å²) in [6.45, 7) is 6.53. The molecule has 0 saturated carbocycles. The standard InChI is InChI=1S/C27H29FN4O4S/c1-27(2,3)25(32(26(33)34)11-12-35-4)16-5-7-19(31-15-16)23-14-20-24(37-23)22(9-10-30-20)36-21-8-6-17(29)13-18(21)28/h5-10,13-15,25H,11-12,29H2,1-4H3,(H,33,34). The highest BCUT2D eigenvalue weighted by Crippen LogP contribution is 2.41. The molecular formula is C27H29FN4O4S. The minimum atomic E-state index is -1.01. The highest BCUT2D eigenvalue weighted by molar-refractivity contribution is 7.22. The Morgan fingerprint density at radius 2 is 1.95 bits per heavy atom. The Morgan fingerprint density at radius 1 is 1.16 bits per heavy atom. The number of carboxylic acid groups (broad SMARTS) is 1. The van der Waals surface area contributed by atoms with Crippen molar-refractivity contribution >= 4 is 33.3 Å². The van der Waals surface area contributed by atoms with Crippen LogP contribution in [0.2, 0.25) is 0 Å². The average Bonchev–Trinajstić information content (AvgIpc) is 3.28. The number of nitrogen functional groups attached to an aromatic ring is 1. The van der Waals surface area contributed by atoms with Crippen molar-refractivity contribution in [2.45, 2.75) is 26.8 Å². The minimum absolute atomic E-state index is 0.0730. The molecule has 0 aliphatic carbocycles. The molecule has 0 aliphatic rings. The van der Waals surface area contributed by atoms with Crippen LogP contribution in [0.25, 0.3) is 20.8 Å². The molecule has 1 aromatic carbocycles. The number of methoxy groups -OCH3 is 1. The topological polar surface area (TPSA) is 111 Å². The number of nitrogens with two attached hydrogens (primary N) is 1. The van der Waals surface area contributed by atoms with E-state index < -0.39 is 18.0 Å². The Morgan fingerprint density at radius 3 is 2.57 bits per heavy atom. The molecule has 4 rings (SSSR count). The van der Waals surface area contributed by atoms with E-state index in [1.165, 1.54) is 28.4 Å². The fourth-order valence-corrected chi connectivity index (χ4v) is 5.27. The summed E-state index contributed by atoms with van der Waals surface area (Å²) in [7, 11) is 1.55. The number of carbonyl (C=O) groups is 1. The van der Waals surface area contributed by atoms with Gasteiger partial charge in [0.05, 0.1) is 33.4 Å². The van der Waals surface area contributed by atoms with Crippen LogP contribution in [-0.4, -0.2) is 46.3 Å². The van der Waals surface area contributed by atoms with Crippen molar-refractivity contribution in [1.29, 1.82) is 0 Å². The minimum Gasteiger partial charge on any atom is -0.465 e. The largest absolute Gasteiger partial charge is 0.465 e. The van der Waals surface area contributed by atoms with Gasteiger partial charge in [0, 0.05) is 43.9 Å². The highest BCUT2D eigenvalue weighted by atomic mass is 32.1. The number of hydrogen-bond acceptors (Lipinski definition) is 7. The van der Waals surface area contributed by atoms with E-state index in [-0.39, 0.29) is 17.7 Å². The third-order valence-electron chi connectivity index (χ3n) is 5.82. The predicted molar refractivity (Wildman–Crippen MR) is 143 cm³/mol. The zero-order chi connectivity index (χ0) is 26.7. The SMILES string of the molecule is COCCN(C(=O)O)C(c1ccc(-c2cc3nccc(Oc4ccc(N)cc4F)c3s2)nc1)C(C)(C)C.